The maximum atomic E-state index is 13.8. The molecule has 1 N–H and O–H groups in total. The van der Waals surface area contributed by atoms with Crippen molar-refractivity contribution >= 4 is 11.9 Å². The second-order valence-corrected chi connectivity index (χ2v) is 4.91. The van der Waals surface area contributed by atoms with Crippen LogP contribution >= 0.6 is 0 Å². The van der Waals surface area contributed by atoms with Crippen molar-refractivity contribution < 1.29 is 23.5 Å². The topological polar surface area (TPSA) is 64.6 Å². The summed E-state index contributed by atoms with van der Waals surface area (Å²) in [6, 6.07) is 9.06. The Balaban J connectivity index is 2.55. The van der Waals surface area contributed by atoms with Crippen LogP contribution in [-0.2, 0) is 4.74 Å². The molecule has 0 aliphatic heterocycles. The van der Waals surface area contributed by atoms with E-state index in [2.05, 4.69) is 5.32 Å². The van der Waals surface area contributed by atoms with Gasteiger partial charge in [-0.25, -0.2) is 9.18 Å². The molecule has 0 atom stereocenters. The van der Waals surface area contributed by atoms with Crippen LogP contribution in [0.1, 0.15) is 27.6 Å². The van der Waals surface area contributed by atoms with Crippen molar-refractivity contribution in [2.75, 3.05) is 20.8 Å². The summed E-state index contributed by atoms with van der Waals surface area (Å²) in [5.74, 6) is -1.15. The molecule has 2 aromatic carbocycles. The van der Waals surface area contributed by atoms with Crippen LogP contribution in [0.3, 0.4) is 0 Å². The van der Waals surface area contributed by atoms with Gasteiger partial charge in [0.05, 0.1) is 24.8 Å². The lowest BCUT2D eigenvalue weighted by molar-refractivity contribution is 0.0600. The van der Waals surface area contributed by atoms with Crippen LogP contribution < -0.4 is 10.1 Å². The molecule has 2 aromatic rings. The van der Waals surface area contributed by atoms with Gasteiger partial charge in [0.1, 0.15) is 11.6 Å². The Morgan fingerprint density at radius 3 is 2.54 bits per heavy atom. The predicted molar refractivity (Wildman–Crippen MR) is 87.7 cm³/mol. The average Bonchev–Trinajstić information content (AvgIpc) is 2.61. The first-order valence-corrected chi connectivity index (χ1v) is 7.39. The lowest BCUT2D eigenvalue weighted by Crippen LogP contribution is -2.19. The minimum absolute atomic E-state index is 0.0607. The van der Waals surface area contributed by atoms with E-state index < -0.39 is 17.7 Å². The van der Waals surface area contributed by atoms with Crippen LogP contribution in [0.2, 0.25) is 0 Å². The van der Waals surface area contributed by atoms with Gasteiger partial charge in [0, 0.05) is 12.6 Å². The zero-order chi connectivity index (χ0) is 17.7. The Hall–Kier alpha value is -2.89. The van der Waals surface area contributed by atoms with Gasteiger partial charge in [-0.2, -0.15) is 0 Å². The number of esters is 1. The zero-order valence-electron chi connectivity index (χ0n) is 13.7. The lowest BCUT2D eigenvalue weighted by atomic mass is 10.00. The Morgan fingerprint density at radius 1 is 1.17 bits per heavy atom. The number of carbonyl (C=O) groups is 2. The van der Waals surface area contributed by atoms with E-state index in [0.29, 0.717) is 29.0 Å². The minimum atomic E-state index is -0.609. The summed E-state index contributed by atoms with van der Waals surface area (Å²) in [6.45, 7) is 2.20. The van der Waals surface area contributed by atoms with Crippen molar-refractivity contribution in [2.24, 2.45) is 0 Å². The zero-order valence-corrected chi connectivity index (χ0v) is 13.7. The van der Waals surface area contributed by atoms with Gasteiger partial charge in [0.2, 0.25) is 0 Å². The number of halogens is 1. The fraction of sp³-hybridized carbons (Fsp3) is 0.222. The number of hydrogen-bond acceptors (Lipinski definition) is 4. The van der Waals surface area contributed by atoms with E-state index in [-0.39, 0.29) is 5.56 Å². The third kappa shape index (κ3) is 3.53. The first-order valence-electron chi connectivity index (χ1n) is 7.39. The summed E-state index contributed by atoms with van der Waals surface area (Å²) < 4.78 is 24.1. The Kier molecular flexibility index (Phi) is 5.52. The van der Waals surface area contributed by atoms with Gasteiger partial charge < -0.3 is 14.8 Å². The number of methoxy groups -OCH3 is 1. The van der Waals surface area contributed by atoms with Gasteiger partial charge in [0.25, 0.3) is 5.91 Å². The molecule has 1 amide bonds. The average molecular weight is 331 g/mol. The molecule has 0 spiro atoms. The van der Waals surface area contributed by atoms with Crippen molar-refractivity contribution in [3.05, 3.63) is 53.3 Å². The normalized spacial score (nSPS) is 10.2. The maximum Gasteiger partial charge on any atom is 0.337 e. The van der Waals surface area contributed by atoms with Crippen molar-refractivity contribution in [2.45, 2.75) is 6.92 Å². The first-order chi connectivity index (χ1) is 11.5. The highest BCUT2D eigenvalue weighted by atomic mass is 19.1. The molecular weight excluding hydrogens is 313 g/mol. The molecule has 0 aliphatic carbocycles. The number of ether oxygens (including phenoxy) is 2. The number of carbonyl (C=O) groups excluding carboxylic acids is 2. The molecule has 126 valence electrons. The molecule has 0 radical (unpaired) electrons. The molecule has 24 heavy (non-hydrogen) atoms. The van der Waals surface area contributed by atoms with Crippen LogP contribution in [0.15, 0.2) is 36.4 Å². The smallest absolute Gasteiger partial charge is 0.337 e. The lowest BCUT2D eigenvalue weighted by Gasteiger charge is -2.13. The monoisotopic (exact) mass is 331 g/mol. The standard InChI is InChI=1S/C18H18FNO4/c1-4-24-16-10-12(18(22)23-3)5-7-13(16)11-6-8-15(19)14(9-11)17(21)20-2/h5-10H,4H2,1-3H3,(H,20,21). The van der Waals surface area contributed by atoms with Crippen LogP contribution in [0.5, 0.6) is 5.75 Å². The van der Waals surface area contributed by atoms with Crippen molar-refractivity contribution in [1.82, 2.24) is 5.32 Å². The highest BCUT2D eigenvalue weighted by Gasteiger charge is 2.16. The highest BCUT2D eigenvalue weighted by molar-refractivity contribution is 5.96. The van der Waals surface area contributed by atoms with Gasteiger partial charge in [-0.3, -0.25) is 4.79 Å². The Labute approximate surface area is 139 Å². The van der Waals surface area contributed by atoms with Crippen LogP contribution in [0, 0.1) is 5.82 Å². The third-order valence-corrected chi connectivity index (χ3v) is 3.45. The number of rotatable bonds is 5. The van der Waals surface area contributed by atoms with Gasteiger partial charge in [-0.05, 0) is 42.8 Å². The van der Waals surface area contributed by atoms with Gasteiger partial charge in [-0.15, -0.1) is 0 Å². The summed E-state index contributed by atoms with van der Waals surface area (Å²) >= 11 is 0. The van der Waals surface area contributed by atoms with E-state index in [1.54, 1.807) is 24.3 Å². The van der Waals surface area contributed by atoms with Crippen LogP contribution in [-0.4, -0.2) is 32.6 Å². The molecule has 0 fully saturated rings. The molecule has 6 heteroatoms. The molecule has 0 bridgehead atoms. The molecule has 0 unspecified atom stereocenters. The molecular formula is C18H18FNO4. The van der Waals surface area contributed by atoms with Crippen LogP contribution in [0.4, 0.5) is 4.39 Å². The number of amides is 1. The van der Waals surface area contributed by atoms with E-state index in [1.165, 1.54) is 26.3 Å². The largest absolute Gasteiger partial charge is 0.493 e. The number of benzene rings is 2. The Bertz CT molecular complexity index is 774. The molecule has 5 nitrogen and oxygen atoms in total. The number of hydrogen-bond donors (Lipinski definition) is 1. The van der Waals surface area contributed by atoms with Gasteiger partial charge >= 0.3 is 5.97 Å². The van der Waals surface area contributed by atoms with Gasteiger partial charge in [-0.1, -0.05) is 6.07 Å². The SMILES string of the molecule is CCOc1cc(C(=O)OC)ccc1-c1ccc(F)c(C(=O)NC)c1. The fourth-order valence-corrected chi connectivity index (χ4v) is 2.28. The van der Waals surface area contributed by atoms with Gasteiger partial charge in [0.15, 0.2) is 0 Å². The molecule has 0 heterocycles. The molecule has 0 aromatic heterocycles. The molecule has 0 aliphatic rings. The second-order valence-electron chi connectivity index (χ2n) is 4.91. The fourth-order valence-electron chi connectivity index (χ4n) is 2.28. The van der Waals surface area contributed by atoms with Crippen molar-refractivity contribution in [3.63, 3.8) is 0 Å². The summed E-state index contributed by atoms with van der Waals surface area (Å²) in [5.41, 5.74) is 1.54. The number of nitrogens with one attached hydrogen (secondary N) is 1. The maximum absolute atomic E-state index is 13.8. The quantitative estimate of drug-likeness (QED) is 0.855. The van der Waals surface area contributed by atoms with E-state index in [1.807, 2.05) is 6.92 Å². The van der Waals surface area contributed by atoms with Crippen LogP contribution in [0.25, 0.3) is 11.1 Å². The molecule has 0 saturated carbocycles. The Morgan fingerprint density at radius 2 is 1.92 bits per heavy atom. The predicted octanol–water partition coefficient (Wildman–Crippen LogP) is 3.04. The summed E-state index contributed by atoms with van der Waals surface area (Å²) in [6.07, 6.45) is 0. The third-order valence-electron chi connectivity index (χ3n) is 3.45. The van der Waals surface area contributed by atoms with E-state index in [4.69, 9.17) is 9.47 Å². The molecule has 2 rings (SSSR count). The molecule has 0 saturated heterocycles. The summed E-state index contributed by atoms with van der Waals surface area (Å²) in [4.78, 5) is 23.4. The summed E-state index contributed by atoms with van der Waals surface area (Å²) in [5, 5.41) is 2.40. The van der Waals surface area contributed by atoms with E-state index in [9.17, 15) is 14.0 Å². The van der Waals surface area contributed by atoms with Crippen molar-refractivity contribution in [3.8, 4) is 16.9 Å². The van der Waals surface area contributed by atoms with E-state index in [0.717, 1.165) is 0 Å². The first kappa shape index (κ1) is 17.5. The van der Waals surface area contributed by atoms with Crippen molar-refractivity contribution in [1.29, 1.82) is 0 Å². The highest BCUT2D eigenvalue weighted by Crippen LogP contribution is 2.32. The minimum Gasteiger partial charge on any atom is -0.493 e. The second kappa shape index (κ2) is 7.59. The summed E-state index contributed by atoms with van der Waals surface area (Å²) in [7, 11) is 2.73. The van der Waals surface area contributed by atoms with E-state index >= 15 is 0 Å².